The van der Waals surface area contributed by atoms with Crippen LogP contribution in [0.3, 0.4) is 0 Å². The number of hydrogen-bond donors (Lipinski definition) is 1. The average molecular weight is 294 g/mol. The van der Waals surface area contributed by atoms with Crippen LogP contribution in [0.4, 0.5) is 0 Å². The van der Waals surface area contributed by atoms with Gasteiger partial charge in [-0.2, -0.15) is 0 Å². The number of nitrogens with zero attached hydrogens (tertiary/aromatic N) is 1. The lowest BCUT2D eigenvalue weighted by molar-refractivity contribution is -0.153. The maximum Gasteiger partial charge on any atom is 0.246 e. The number of piperazine rings is 1. The van der Waals surface area contributed by atoms with Crippen LogP contribution in [-0.4, -0.2) is 35.3 Å². The van der Waals surface area contributed by atoms with Crippen molar-refractivity contribution >= 4 is 11.8 Å². The predicted octanol–water partition coefficient (Wildman–Crippen LogP) is 2.74. The molecule has 0 aromatic rings. The van der Waals surface area contributed by atoms with Crippen LogP contribution in [0.2, 0.25) is 0 Å². The lowest BCUT2D eigenvalue weighted by atomic mass is 9.82. The molecule has 1 fully saturated rings. The molecule has 1 N–H and O–H groups in total. The van der Waals surface area contributed by atoms with Gasteiger partial charge in [-0.1, -0.05) is 52.7 Å². The zero-order valence-corrected chi connectivity index (χ0v) is 14.5. The van der Waals surface area contributed by atoms with Crippen molar-refractivity contribution in [1.82, 2.24) is 10.2 Å². The van der Waals surface area contributed by atoms with E-state index in [1.807, 2.05) is 47.6 Å². The fourth-order valence-electron chi connectivity index (χ4n) is 2.59. The van der Waals surface area contributed by atoms with Gasteiger partial charge in [0.2, 0.25) is 11.8 Å². The van der Waals surface area contributed by atoms with E-state index < -0.39 is 6.04 Å². The summed E-state index contributed by atoms with van der Waals surface area (Å²) in [4.78, 5) is 27.1. The Morgan fingerprint density at radius 2 is 1.90 bits per heavy atom. The third-order valence-corrected chi connectivity index (χ3v) is 4.17. The molecule has 1 rings (SSSR count). The number of carbonyl (C=O) groups excluding carboxylic acids is 2. The highest BCUT2D eigenvalue weighted by Crippen LogP contribution is 2.28. The number of hydrogen-bond acceptors (Lipinski definition) is 2. The molecule has 21 heavy (non-hydrogen) atoms. The van der Waals surface area contributed by atoms with Crippen LogP contribution in [0.25, 0.3) is 0 Å². The number of allylic oxidation sites excluding steroid dienone is 1. The Bertz CT molecular complexity index is 431. The molecule has 2 amide bonds. The van der Waals surface area contributed by atoms with Gasteiger partial charge in [-0.3, -0.25) is 9.59 Å². The quantitative estimate of drug-likeness (QED) is 0.811. The standard InChI is InChI=1S/C17H30N2O2/c1-8-12(4)13-15(20)18-14(17(5,6)7)16(21)19(13)10-9-11(2)3/h9,12-14H,8,10H2,1-7H3,(H,18,20). The highest BCUT2D eigenvalue weighted by Gasteiger charge is 2.46. The maximum atomic E-state index is 12.8. The third kappa shape index (κ3) is 4.08. The van der Waals surface area contributed by atoms with Gasteiger partial charge in [-0.05, 0) is 25.2 Å². The van der Waals surface area contributed by atoms with Crippen LogP contribution in [-0.2, 0) is 9.59 Å². The first-order valence-electron chi connectivity index (χ1n) is 7.83. The zero-order valence-electron chi connectivity index (χ0n) is 14.5. The fraction of sp³-hybridized carbons (Fsp3) is 0.765. The lowest BCUT2D eigenvalue weighted by Gasteiger charge is -2.44. The van der Waals surface area contributed by atoms with Crippen molar-refractivity contribution in [3.05, 3.63) is 11.6 Å². The summed E-state index contributed by atoms with van der Waals surface area (Å²) in [5, 5.41) is 2.94. The molecule has 1 aliphatic rings. The first-order valence-corrected chi connectivity index (χ1v) is 7.83. The van der Waals surface area contributed by atoms with E-state index in [-0.39, 0.29) is 29.2 Å². The van der Waals surface area contributed by atoms with Crippen LogP contribution >= 0.6 is 0 Å². The highest BCUT2D eigenvalue weighted by molar-refractivity contribution is 5.97. The molecule has 3 unspecified atom stereocenters. The van der Waals surface area contributed by atoms with Gasteiger partial charge >= 0.3 is 0 Å². The minimum Gasteiger partial charge on any atom is -0.342 e. The molecule has 0 saturated carbocycles. The molecule has 3 atom stereocenters. The molecule has 0 aromatic carbocycles. The molecule has 120 valence electrons. The Morgan fingerprint density at radius 3 is 2.33 bits per heavy atom. The minimum atomic E-state index is -0.448. The summed E-state index contributed by atoms with van der Waals surface area (Å²) in [6, 6.07) is -0.812. The van der Waals surface area contributed by atoms with Crippen molar-refractivity contribution in [3.8, 4) is 0 Å². The van der Waals surface area contributed by atoms with Crippen LogP contribution in [0.15, 0.2) is 11.6 Å². The van der Waals surface area contributed by atoms with E-state index >= 15 is 0 Å². The second-order valence-electron chi connectivity index (χ2n) is 7.41. The average Bonchev–Trinajstić information content (AvgIpc) is 2.36. The van der Waals surface area contributed by atoms with Crippen LogP contribution in [0.1, 0.15) is 54.9 Å². The largest absolute Gasteiger partial charge is 0.342 e. The van der Waals surface area contributed by atoms with E-state index in [4.69, 9.17) is 0 Å². The zero-order chi connectivity index (χ0) is 16.4. The Hall–Kier alpha value is -1.32. The van der Waals surface area contributed by atoms with E-state index in [0.29, 0.717) is 6.54 Å². The van der Waals surface area contributed by atoms with Gasteiger partial charge in [0.05, 0.1) is 0 Å². The molecule has 0 aromatic heterocycles. The van der Waals surface area contributed by atoms with Crippen molar-refractivity contribution in [2.45, 2.75) is 67.0 Å². The van der Waals surface area contributed by atoms with Gasteiger partial charge < -0.3 is 10.2 Å². The molecule has 0 bridgehead atoms. The lowest BCUT2D eigenvalue weighted by Crippen LogP contribution is -2.67. The summed E-state index contributed by atoms with van der Waals surface area (Å²) >= 11 is 0. The van der Waals surface area contributed by atoms with Gasteiger partial charge in [0.1, 0.15) is 12.1 Å². The van der Waals surface area contributed by atoms with E-state index in [9.17, 15) is 9.59 Å². The molecule has 0 spiro atoms. The summed E-state index contributed by atoms with van der Waals surface area (Å²) in [5.41, 5.74) is 0.875. The molecule has 1 aliphatic heterocycles. The van der Waals surface area contributed by atoms with Crippen LogP contribution < -0.4 is 5.32 Å². The predicted molar refractivity (Wildman–Crippen MR) is 85.8 cm³/mol. The first kappa shape index (κ1) is 17.7. The normalized spacial score (nSPS) is 24.6. The first-order chi connectivity index (χ1) is 9.59. The van der Waals surface area contributed by atoms with E-state index in [1.54, 1.807) is 4.90 Å². The Labute approximate surface area is 129 Å². The summed E-state index contributed by atoms with van der Waals surface area (Å²) in [6.07, 6.45) is 2.89. The van der Waals surface area contributed by atoms with Crippen molar-refractivity contribution in [2.75, 3.05) is 6.54 Å². The second kappa shape index (κ2) is 6.63. The van der Waals surface area contributed by atoms with Crippen molar-refractivity contribution < 1.29 is 9.59 Å². The van der Waals surface area contributed by atoms with Crippen molar-refractivity contribution in [2.24, 2.45) is 11.3 Å². The monoisotopic (exact) mass is 294 g/mol. The Balaban J connectivity index is 3.14. The summed E-state index contributed by atoms with van der Waals surface area (Å²) < 4.78 is 0. The topological polar surface area (TPSA) is 49.4 Å². The van der Waals surface area contributed by atoms with Gasteiger partial charge in [0, 0.05) is 6.54 Å². The smallest absolute Gasteiger partial charge is 0.246 e. The molecule has 1 heterocycles. The molecular formula is C17H30N2O2. The summed E-state index contributed by atoms with van der Waals surface area (Å²) in [5.74, 6) is 0.163. The van der Waals surface area contributed by atoms with Crippen LogP contribution in [0.5, 0.6) is 0 Å². The number of amides is 2. The van der Waals surface area contributed by atoms with Gasteiger partial charge in [-0.15, -0.1) is 0 Å². The second-order valence-corrected chi connectivity index (χ2v) is 7.41. The van der Waals surface area contributed by atoms with E-state index in [0.717, 1.165) is 12.0 Å². The molecule has 1 saturated heterocycles. The minimum absolute atomic E-state index is 0.0222. The van der Waals surface area contributed by atoms with Crippen molar-refractivity contribution in [1.29, 1.82) is 0 Å². The summed E-state index contributed by atoms with van der Waals surface area (Å²) in [6.45, 7) is 14.6. The van der Waals surface area contributed by atoms with Gasteiger partial charge in [0.15, 0.2) is 0 Å². The third-order valence-electron chi connectivity index (χ3n) is 4.17. The van der Waals surface area contributed by atoms with E-state index in [1.165, 1.54) is 0 Å². The van der Waals surface area contributed by atoms with Crippen LogP contribution in [0, 0.1) is 11.3 Å². The molecule has 4 heteroatoms. The Morgan fingerprint density at radius 1 is 1.33 bits per heavy atom. The fourth-order valence-corrected chi connectivity index (χ4v) is 2.59. The SMILES string of the molecule is CCC(C)C1C(=O)NC(C(C)(C)C)C(=O)N1CC=C(C)C. The molecule has 4 nitrogen and oxygen atoms in total. The highest BCUT2D eigenvalue weighted by atomic mass is 16.2. The molecule has 0 aliphatic carbocycles. The summed E-state index contributed by atoms with van der Waals surface area (Å²) in [7, 11) is 0. The maximum absolute atomic E-state index is 12.8. The number of nitrogens with one attached hydrogen (secondary N) is 1. The van der Waals surface area contributed by atoms with Crippen molar-refractivity contribution in [3.63, 3.8) is 0 Å². The molecule has 0 radical (unpaired) electrons. The Kier molecular flexibility index (Phi) is 5.60. The number of rotatable bonds is 4. The van der Waals surface area contributed by atoms with Gasteiger partial charge in [-0.25, -0.2) is 0 Å². The van der Waals surface area contributed by atoms with Gasteiger partial charge in [0.25, 0.3) is 0 Å². The van der Waals surface area contributed by atoms with E-state index in [2.05, 4.69) is 12.2 Å². The molecular weight excluding hydrogens is 264 g/mol. The number of carbonyl (C=O) groups is 2.